The summed E-state index contributed by atoms with van der Waals surface area (Å²) >= 11 is 0. The number of benzene rings is 1. The van der Waals surface area contributed by atoms with Gasteiger partial charge in [0.05, 0.1) is 11.0 Å². The van der Waals surface area contributed by atoms with E-state index in [9.17, 15) is 4.79 Å². The Morgan fingerprint density at radius 1 is 1.40 bits per heavy atom. The van der Waals surface area contributed by atoms with E-state index in [1.165, 1.54) is 5.56 Å². The first kappa shape index (κ1) is 13.2. The summed E-state index contributed by atoms with van der Waals surface area (Å²) in [5.41, 5.74) is 3.40. The number of likely N-dealkylation sites (tertiary alicyclic amines) is 1. The minimum Gasteiger partial charge on any atom is -0.343 e. The number of hydrogen-bond donors (Lipinski definition) is 1. The van der Waals surface area contributed by atoms with Gasteiger partial charge < -0.3 is 9.88 Å². The van der Waals surface area contributed by atoms with Gasteiger partial charge >= 0.3 is 0 Å². The van der Waals surface area contributed by atoms with E-state index < -0.39 is 0 Å². The van der Waals surface area contributed by atoms with E-state index in [2.05, 4.69) is 30.1 Å². The van der Waals surface area contributed by atoms with E-state index >= 15 is 0 Å². The van der Waals surface area contributed by atoms with Gasteiger partial charge in [-0.05, 0) is 37.5 Å². The minimum atomic E-state index is 0.267. The standard InChI is InChI=1S/C16H21N3O/c1-3-15(20)19-8-6-12(7-9-19)16-17-13-5-4-11(2)10-14(13)18-16/h4-5,10,12H,3,6-9H2,1-2H3,(H,17,18). The van der Waals surface area contributed by atoms with Crippen molar-refractivity contribution in [2.45, 2.75) is 39.0 Å². The first-order valence-corrected chi connectivity index (χ1v) is 7.41. The molecular formula is C16H21N3O. The Morgan fingerprint density at radius 2 is 2.15 bits per heavy atom. The summed E-state index contributed by atoms with van der Waals surface area (Å²) in [7, 11) is 0. The van der Waals surface area contributed by atoms with Gasteiger partial charge in [-0.1, -0.05) is 13.0 Å². The molecule has 0 unspecified atom stereocenters. The fraction of sp³-hybridized carbons (Fsp3) is 0.500. The highest BCUT2D eigenvalue weighted by Crippen LogP contribution is 2.28. The Labute approximate surface area is 119 Å². The lowest BCUT2D eigenvalue weighted by Gasteiger charge is -2.30. The highest BCUT2D eigenvalue weighted by Gasteiger charge is 2.24. The van der Waals surface area contributed by atoms with Gasteiger partial charge in [0.25, 0.3) is 0 Å². The molecule has 3 rings (SSSR count). The lowest BCUT2D eigenvalue weighted by Crippen LogP contribution is -2.37. The number of aromatic amines is 1. The molecule has 1 fully saturated rings. The minimum absolute atomic E-state index is 0.267. The molecule has 20 heavy (non-hydrogen) atoms. The van der Waals surface area contributed by atoms with Gasteiger partial charge in [0, 0.05) is 25.4 Å². The number of imidazole rings is 1. The van der Waals surface area contributed by atoms with E-state index in [1.807, 2.05) is 11.8 Å². The van der Waals surface area contributed by atoms with Crippen LogP contribution in [0.4, 0.5) is 0 Å². The summed E-state index contributed by atoms with van der Waals surface area (Å²) in [5, 5.41) is 0. The lowest BCUT2D eigenvalue weighted by molar-refractivity contribution is -0.131. The van der Waals surface area contributed by atoms with Crippen LogP contribution in [-0.4, -0.2) is 33.9 Å². The largest absolute Gasteiger partial charge is 0.343 e. The van der Waals surface area contributed by atoms with Crippen LogP contribution in [0.3, 0.4) is 0 Å². The van der Waals surface area contributed by atoms with E-state index in [0.717, 1.165) is 42.8 Å². The number of hydrogen-bond acceptors (Lipinski definition) is 2. The van der Waals surface area contributed by atoms with Crippen LogP contribution in [0, 0.1) is 6.92 Å². The van der Waals surface area contributed by atoms with Crippen LogP contribution in [0.5, 0.6) is 0 Å². The first-order valence-electron chi connectivity index (χ1n) is 7.41. The molecule has 0 radical (unpaired) electrons. The summed E-state index contributed by atoms with van der Waals surface area (Å²) in [6.07, 6.45) is 2.61. The SMILES string of the molecule is CCC(=O)N1CCC(c2nc3ccc(C)cc3[nH]2)CC1. The molecule has 4 nitrogen and oxygen atoms in total. The summed E-state index contributed by atoms with van der Waals surface area (Å²) in [5.74, 6) is 1.79. The zero-order valence-corrected chi connectivity index (χ0v) is 12.1. The van der Waals surface area contributed by atoms with Gasteiger partial charge in [0.1, 0.15) is 5.82 Å². The van der Waals surface area contributed by atoms with Crippen LogP contribution in [-0.2, 0) is 4.79 Å². The molecule has 1 N–H and O–H groups in total. The Bertz CT molecular complexity index is 624. The van der Waals surface area contributed by atoms with Crippen LogP contribution >= 0.6 is 0 Å². The number of nitrogens with zero attached hydrogens (tertiary/aromatic N) is 2. The molecule has 0 atom stereocenters. The molecule has 1 saturated heterocycles. The van der Waals surface area contributed by atoms with Crippen LogP contribution < -0.4 is 0 Å². The number of carbonyl (C=O) groups is 1. The molecule has 1 amide bonds. The van der Waals surface area contributed by atoms with Crippen molar-refractivity contribution < 1.29 is 4.79 Å². The molecule has 0 bridgehead atoms. The molecule has 2 aromatic rings. The second-order valence-electron chi connectivity index (χ2n) is 5.65. The molecule has 4 heteroatoms. The third kappa shape index (κ3) is 2.42. The van der Waals surface area contributed by atoms with Crippen LogP contribution in [0.25, 0.3) is 11.0 Å². The predicted molar refractivity (Wildman–Crippen MR) is 79.7 cm³/mol. The maximum atomic E-state index is 11.7. The van der Waals surface area contributed by atoms with E-state index in [0.29, 0.717) is 12.3 Å². The molecule has 0 aliphatic carbocycles. The van der Waals surface area contributed by atoms with Crippen molar-refractivity contribution >= 4 is 16.9 Å². The Balaban J connectivity index is 1.75. The lowest BCUT2D eigenvalue weighted by atomic mass is 9.96. The molecule has 106 valence electrons. The molecule has 1 aliphatic rings. The van der Waals surface area contributed by atoms with Gasteiger partial charge in [-0.15, -0.1) is 0 Å². The van der Waals surface area contributed by atoms with Crippen molar-refractivity contribution in [1.29, 1.82) is 0 Å². The van der Waals surface area contributed by atoms with E-state index in [1.54, 1.807) is 0 Å². The van der Waals surface area contributed by atoms with E-state index in [-0.39, 0.29) is 5.91 Å². The van der Waals surface area contributed by atoms with Crippen molar-refractivity contribution in [1.82, 2.24) is 14.9 Å². The summed E-state index contributed by atoms with van der Waals surface area (Å²) in [6.45, 7) is 5.73. The molecule has 2 heterocycles. The summed E-state index contributed by atoms with van der Waals surface area (Å²) in [4.78, 5) is 21.8. The second kappa shape index (κ2) is 5.27. The zero-order valence-electron chi connectivity index (χ0n) is 12.1. The average molecular weight is 271 g/mol. The summed E-state index contributed by atoms with van der Waals surface area (Å²) < 4.78 is 0. The zero-order chi connectivity index (χ0) is 14.1. The highest BCUT2D eigenvalue weighted by atomic mass is 16.2. The monoisotopic (exact) mass is 271 g/mol. The van der Waals surface area contributed by atoms with E-state index in [4.69, 9.17) is 4.98 Å². The topological polar surface area (TPSA) is 49.0 Å². The fourth-order valence-corrected chi connectivity index (χ4v) is 2.96. The first-order chi connectivity index (χ1) is 9.67. The third-order valence-electron chi connectivity index (χ3n) is 4.19. The van der Waals surface area contributed by atoms with Crippen molar-refractivity contribution in [3.05, 3.63) is 29.6 Å². The number of fused-ring (bicyclic) bond motifs is 1. The molecule has 1 aromatic heterocycles. The normalized spacial score (nSPS) is 16.8. The predicted octanol–water partition coefficient (Wildman–Crippen LogP) is 2.99. The van der Waals surface area contributed by atoms with Gasteiger partial charge in [-0.2, -0.15) is 0 Å². The van der Waals surface area contributed by atoms with Crippen LogP contribution in [0.15, 0.2) is 18.2 Å². The Kier molecular flexibility index (Phi) is 3.47. The molecule has 0 saturated carbocycles. The fourth-order valence-electron chi connectivity index (χ4n) is 2.96. The van der Waals surface area contributed by atoms with Gasteiger partial charge in [-0.25, -0.2) is 4.98 Å². The second-order valence-corrected chi connectivity index (χ2v) is 5.65. The number of aryl methyl sites for hydroxylation is 1. The quantitative estimate of drug-likeness (QED) is 0.912. The molecular weight excluding hydrogens is 250 g/mol. The Hall–Kier alpha value is -1.84. The van der Waals surface area contributed by atoms with Gasteiger partial charge in [0.2, 0.25) is 5.91 Å². The summed E-state index contributed by atoms with van der Waals surface area (Å²) in [6, 6.07) is 6.30. The number of piperidine rings is 1. The molecule has 1 aromatic carbocycles. The number of nitrogens with one attached hydrogen (secondary N) is 1. The van der Waals surface area contributed by atoms with Gasteiger partial charge in [-0.3, -0.25) is 4.79 Å². The number of rotatable bonds is 2. The number of H-pyrrole nitrogens is 1. The van der Waals surface area contributed by atoms with Crippen molar-refractivity contribution in [2.75, 3.05) is 13.1 Å². The molecule has 1 aliphatic heterocycles. The van der Waals surface area contributed by atoms with Crippen molar-refractivity contribution in [3.63, 3.8) is 0 Å². The van der Waals surface area contributed by atoms with Crippen LogP contribution in [0.2, 0.25) is 0 Å². The van der Waals surface area contributed by atoms with Crippen molar-refractivity contribution in [3.8, 4) is 0 Å². The number of carbonyl (C=O) groups excluding carboxylic acids is 1. The highest BCUT2D eigenvalue weighted by molar-refractivity contribution is 5.76. The maximum absolute atomic E-state index is 11.7. The number of aromatic nitrogens is 2. The maximum Gasteiger partial charge on any atom is 0.222 e. The smallest absolute Gasteiger partial charge is 0.222 e. The molecule has 0 spiro atoms. The Morgan fingerprint density at radius 3 is 2.85 bits per heavy atom. The van der Waals surface area contributed by atoms with Crippen LogP contribution in [0.1, 0.15) is 43.5 Å². The van der Waals surface area contributed by atoms with Gasteiger partial charge in [0.15, 0.2) is 0 Å². The number of amides is 1. The average Bonchev–Trinajstić information content (AvgIpc) is 2.89. The third-order valence-corrected chi connectivity index (χ3v) is 4.19. The van der Waals surface area contributed by atoms with Crippen molar-refractivity contribution in [2.24, 2.45) is 0 Å².